The van der Waals surface area contributed by atoms with Crippen LogP contribution in [-0.2, 0) is 18.7 Å². The highest BCUT2D eigenvalue weighted by atomic mass is 32.2. The van der Waals surface area contributed by atoms with Crippen molar-refractivity contribution in [2.24, 2.45) is 5.92 Å². The van der Waals surface area contributed by atoms with Crippen LogP contribution in [0.25, 0.3) is 10.9 Å². The largest absolute Gasteiger partial charge is 0.352 e. The van der Waals surface area contributed by atoms with Crippen molar-refractivity contribution in [1.82, 2.24) is 14.9 Å². The molecule has 1 N–H and O–H groups in total. The van der Waals surface area contributed by atoms with Crippen molar-refractivity contribution >= 4 is 34.3 Å². The minimum absolute atomic E-state index is 0.0168. The molecule has 8 nitrogen and oxygen atoms in total. The minimum atomic E-state index is -0.426. The molecule has 0 aliphatic carbocycles. The monoisotopic (exact) mass is 516 g/mol. The molecule has 0 spiro atoms. The third-order valence-electron chi connectivity index (χ3n) is 5.81. The van der Waals surface area contributed by atoms with Gasteiger partial charge in [0, 0.05) is 36.5 Å². The molecule has 0 aliphatic heterocycles. The first-order valence-corrected chi connectivity index (χ1v) is 13.0. The number of hydrogen-bond acceptors (Lipinski definition) is 6. The summed E-state index contributed by atoms with van der Waals surface area (Å²) in [5.74, 6) is 0.507. The predicted octanol–water partition coefficient (Wildman–Crippen LogP) is 5.23. The number of nitrogens with one attached hydrogen (secondary N) is 1. The lowest BCUT2D eigenvalue weighted by molar-refractivity contribution is -0.384. The number of nitro benzene ring substituents is 1. The number of benzene rings is 3. The van der Waals surface area contributed by atoms with Crippen molar-refractivity contribution in [3.05, 3.63) is 110 Å². The zero-order valence-electron chi connectivity index (χ0n) is 20.7. The maximum absolute atomic E-state index is 13.5. The van der Waals surface area contributed by atoms with Crippen molar-refractivity contribution in [3.8, 4) is 0 Å². The van der Waals surface area contributed by atoms with Crippen LogP contribution < -0.4 is 10.9 Å². The molecule has 0 aliphatic rings. The van der Waals surface area contributed by atoms with Gasteiger partial charge in [0.25, 0.3) is 17.2 Å². The highest BCUT2D eigenvalue weighted by molar-refractivity contribution is 7.98. The van der Waals surface area contributed by atoms with Crippen LogP contribution in [0, 0.1) is 16.0 Å². The van der Waals surface area contributed by atoms with Gasteiger partial charge in [-0.25, -0.2) is 4.98 Å². The predicted molar refractivity (Wildman–Crippen MR) is 146 cm³/mol. The highest BCUT2D eigenvalue weighted by Gasteiger charge is 2.15. The van der Waals surface area contributed by atoms with Gasteiger partial charge in [-0.1, -0.05) is 68.1 Å². The maximum atomic E-state index is 13.5. The molecule has 1 heterocycles. The van der Waals surface area contributed by atoms with E-state index in [9.17, 15) is 19.7 Å². The average molecular weight is 517 g/mol. The second-order valence-electron chi connectivity index (χ2n) is 9.14. The second-order valence-corrected chi connectivity index (χ2v) is 10.1. The lowest BCUT2D eigenvalue weighted by Crippen LogP contribution is -2.28. The standard InChI is InChI=1S/C28H28N4O4S/c1-19(2)17-29-26(33)22-11-12-24-25(16-22)30-28(37-18-21-9-6-10-23(15-21)32(35)36)31(27(24)34)14-13-20-7-4-3-5-8-20/h3-12,15-16,19H,13-14,17-18H2,1-2H3,(H,29,33). The van der Waals surface area contributed by atoms with Crippen molar-refractivity contribution in [1.29, 1.82) is 0 Å². The molecule has 0 radical (unpaired) electrons. The van der Waals surface area contributed by atoms with Crippen LogP contribution in [0.4, 0.5) is 5.69 Å². The number of nitrogens with zero attached hydrogens (tertiary/aromatic N) is 3. The molecule has 0 bridgehead atoms. The molecule has 1 amide bonds. The summed E-state index contributed by atoms with van der Waals surface area (Å²) in [5.41, 5.74) is 2.57. The molecule has 0 unspecified atom stereocenters. The topological polar surface area (TPSA) is 107 Å². The summed E-state index contributed by atoms with van der Waals surface area (Å²) in [4.78, 5) is 41.7. The second kappa shape index (κ2) is 11.8. The number of aromatic nitrogens is 2. The highest BCUT2D eigenvalue weighted by Crippen LogP contribution is 2.25. The number of rotatable bonds is 10. The van der Waals surface area contributed by atoms with E-state index in [-0.39, 0.29) is 17.2 Å². The van der Waals surface area contributed by atoms with Crippen LogP contribution in [0.5, 0.6) is 0 Å². The quantitative estimate of drug-likeness (QED) is 0.134. The van der Waals surface area contributed by atoms with Crippen molar-refractivity contribution in [3.63, 3.8) is 0 Å². The molecular formula is C28H28N4O4S. The van der Waals surface area contributed by atoms with Crippen LogP contribution >= 0.6 is 11.8 Å². The Morgan fingerprint density at radius 1 is 1.05 bits per heavy atom. The summed E-state index contributed by atoms with van der Waals surface area (Å²) in [6, 6.07) is 21.3. The molecule has 0 saturated heterocycles. The van der Waals surface area contributed by atoms with E-state index < -0.39 is 4.92 Å². The summed E-state index contributed by atoms with van der Waals surface area (Å²) < 4.78 is 1.65. The van der Waals surface area contributed by atoms with Crippen LogP contribution in [-0.4, -0.2) is 26.9 Å². The van der Waals surface area contributed by atoms with Crippen LogP contribution in [0.1, 0.15) is 35.3 Å². The number of thioether (sulfide) groups is 1. The van der Waals surface area contributed by atoms with E-state index in [4.69, 9.17) is 4.98 Å². The number of aryl methyl sites for hydroxylation is 1. The maximum Gasteiger partial charge on any atom is 0.269 e. The summed E-state index contributed by atoms with van der Waals surface area (Å²) in [7, 11) is 0. The first kappa shape index (κ1) is 26.1. The first-order valence-electron chi connectivity index (χ1n) is 12.0. The van der Waals surface area contributed by atoms with Crippen LogP contribution in [0.2, 0.25) is 0 Å². The average Bonchev–Trinajstić information content (AvgIpc) is 2.90. The normalized spacial score (nSPS) is 11.1. The van der Waals surface area contributed by atoms with E-state index in [1.165, 1.54) is 23.9 Å². The Morgan fingerprint density at radius 2 is 1.81 bits per heavy atom. The Hall–Kier alpha value is -3.98. The van der Waals surface area contributed by atoms with Gasteiger partial charge in [0.15, 0.2) is 5.16 Å². The van der Waals surface area contributed by atoms with E-state index in [1.807, 2.05) is 50.2 Å². The lowest BCUT2D eigenvalue weighted by Gasteiger charge is -2.14. The van der Waals surface area contributed by atoms with Crippen molar-refractivity contribution in [2.75, 3.05) is 6.54 Å². The van der Waals surface area contributed by atoms with Gasteiger partial charge in [-0.2, -0.15) is 0 Å². The number of nitro groups is 1. The first-order chi connectivity index (χ1) is 17.8. The van der Waals surface area contributed by atoms with Gasteiger partial charge >= 0.3 is 0 Å². The van der Waals surface area contributed by atoms with E-state index in [2.05, 4.69) is 5.32 Å². The van der Waals surface area contributed by atoms with Crippen molar-refractivity contribution < 1.29 is 9.72 Å². The molecule has 190 valence electrons. The summed E-state index contributed by atoms with van der Waals surface area (Å²) >= 11 is 1.34. The molecule has 0 atom stereocenters. The molecule has 4 rings (SSSR count). The smallest absolute Gasteiger partial charge is 0.269 e. The Balaban J connectivity index is 1.69. The number of amides is 1. The third-order valence-corrected chi connectivity index (χ3v) is 6.86. The molecule has 9 heteroatoms. The van der Waals surface area contributed by atoms with E-state index in [1.54, 1.807) is 28.8 Å². The Kier molecular flexibility index (Phi) is 8.35. The van der Waals surface area contributed by atoms with Gasteiger partial charge < -0.3 is 5.32 Å². The molecule has 0 saturated carbocycles. The van der Waals surface area contributed by atoms with Crippen LogP contribution in [0.15, 0.2) is 82.7 Å². The lowest BCUT2D eigenvalue weighted by atomic mass is 10.1. The number of fused-ring (bicyclic) bond motifs is 1. The fraction of sp³-hybridized carbons (Fsp3) is 0.250. The fourth-order valence-electron chi connectivity index (χ4n) is 3.84. The molecule has 0 fully saturated rings. The third kappa shape index (κ3) is 6.62. The Bertz CT molecular complexity index is 1490. The zero-order chi connectivity index (χ0) is 26.4. The van der Waals surface area contributed by atoms with E-state index >= 15 is 0 Å². The molecule has 1 aromatic heterocycles. The summed E-state index contributed by atoms with van der Waals surface area (Å²) in [6.45, 7) is 5.02. The molecule has 37 heavy (non-hydrogen) atoms. The van der Waals surface area contributed by atoms with Gasteiger partial charge in [0.1, 0.15) is 0 Å². The van der Waals surface area contributed by atoms with E-state index in [0.717, 1.165) is 11.1 Å². The Labute approximate surface area is 218 Å². The molecule has 3 aromatic carbocycles. The fourth-order valence-corrected chi connectivity index (χ4v) is 4.81. The van der Waals surface area contributed by atoms with Gasteiger partial charge in [-0.3, -0.25) is 24.3 Å². The van der Waals surface area contributed by atoms with Crippen LogP contribution in [0.3, 0.4) is 0 Å². The molecular weight excluding hydrogens is 488 g/mol. The van der Waals surface area contributed by atoms with Gasteiger partial charge in [-0.05, 0) is 41.7 Å². The van der Waals surface area contributed by atoms with Crippen molar-refractivity contribution in [2.45, 2.75) is 37.7 Å². The SMILES string of the molecule is CC(C)CNC(=O)c1ccc2c(=O)n(CCc3ccccc3)c(SCc3cccc([N+](=O)[O-])c3)nc2c1. The van der Waals surface area contributed by atoms with Gasteiger partial charge in [0.2, 0.25) is 0 Å². The Morgan fingerprint density at radius 3 is 2.54 bits per heavy atom. The van der Waals surface area contributed by atoms with Gasteiger partial charge in [-0.15, -0.1) is 0 Å². The molecule has 4 aromatic rings. The number of carbonyl (C=O) groups is 1. The van der Waals surface area contributed by atoms with E-state index in [0.29, 0.717) is 52.8 Å². The summed E-state index contributed by atoms with van der Waals surface area (Å²) in [6.07, 6.45) is 0.647. The summed E-state index contributed by atoms with van der Waals surface area (Å²) in [5, 5.41) is 15.0. The zero-order valence-corrected chi connectivity index (χ0v) is 21.5. The number of hydrogen-bond donors (Lipinski definition) is 1. The van der Waals surface area contributed by atoms with Gasteiger partial charge in [0.05, 0.1) is 15.8 Å². The number of non-ortho nitro benzene ring substituents is 1. The minimum Gasteiger partial charge on any atom is -0.352 e. The number of carbonyl (C=O) groups excluding carboxylic acids is 1.